The van der Waals surface area contributed by atoms with Gasteiger partial charge in [-0.3, -0.25) is 9.36 Å². The molecule has 164 valence electrons. The van der Waals surface area contributed by atoms with Crippen molar-refractivity contribution in [3.05, 3.63) is 62.9 Å². The van der Waals surface area contributed by atoms with Crippen LogP contribution in [-0.2, 0) is 12.8 Å². The van der Waals surface area contributed by atoms with Gasteiger partial charge in [0.05, 0.1) is 29.5 Å². The van der Waals surface area contributed by atoms with E-state index in [4.69, 9.17) is 16.6 Å². The van der Waals surface area contributed by atoms with Crippen LogP contribution in [0.2, 0.25) is 5.15 Å². The molecule has 0 aliphatic heterocycles. The molecule has 2 heterocycles. The van der Waals surface area contributed by atoms with Crippen molar-refractivity contribution in [3.8, 4) is 0 Å². The van der Waals surface area contributed by atoms with Gasteiger partial charge in [0.15, 0.2) is 0 Å². The van der Waals surface area contributed by atoms with Crippen molar-refractivity contribution in [2.75, 3.05) is 19.0 Å². The molecule has 3 aromatic rings. The van der Waals surface area contributed by atoms with Crippen LogP contribution >= 0.6 is 11.6 Å². The van der Waals surface area contributed by atoms with Crippen molar-refractivity contribution >= 4 is 28.2 Å². The number of benzene rings is 1. The van der Waals surface area contributed by atoms with Gasteiger partial charge in [-0.2, -0.15) is 0 Å². The monoisotopic (exact) mass is 440 g/mol. The molecule has 1 N–H and O–H groups in total. The van der Waals surface area contributed by atoms with Gasteiger partial charge in [0, 0.05) is 20.3 Å². The summed E-state index contributed by atoms with van der Waals surface area (Å²) < 4.78 is 1.64. The van der Waals surface area contributed by atoms with Crippen LogP contribution in [0, 0.1) is 0 Å². The predicted molar refractivity (Wildman–Crippen MR) is 125 cm³/mol. The van der Waals surface area contributed by atoms with Gasteiger partial charge in [0.1, 0.15) is 10.7 Å². The molecule has 0 radical (unpaired) electrons. The van der Waals surface area contributed by atoms with Gasteiger partial charge in [0.2, 0.25) is 0 Å². The van der Waals surface area contributed by atoms with Crippen molar-refractivity contribution in [2.24, 2.45) is 0 Å². The molecule has 1 aromatic carbocycles. The second kappa shape index (κ2) is 8.97. The number of hydrogen-bond donors (Lipinski definition) is 1. The maximum atomic E-state index is 13.6. The lowest BCUT2D eigenvalue weighted by Crippen LogP contribution is -2.35. The molecule has 7 heteroatoms. The summed E-state index contributed by atoms with van der Waals surface area (Å²) in [4.78, 5) is 24.5. The highest BCUT2D eigenvalue weighted by Gasteiger charge is 2.27. The zero-order chi connectivity index (χ0) is 22.1. The van der Waals surface area contributed by atoms with Gasteiger partial charge in [-0.15, -0.1) is 0 Å². The van der Waals surface area contributed by atoms with E-state index in [1.54, 1.807) is 23.2 Å². The maximum Gasteiger partial charge on any atom is 0.261 e. The van der Waals surface area contributed by atoms with Crippen molar-refractivity contribution in [2.45, 2.75) is 57.6 Å². The number of hydrogen-bond acceptors (Lipinski definition) is 5. The van der Waals surface area contributed by atoms with Crippen molar-refractivity contribution in [3.63, 3.8) is 0 Å². The third-order valence-corrected chi connectivity index (χ3v) is 6.51. The summed E-state index contributed by atoms with van der Waals surface area (Å²) in [5, 5.41) is 11.6. The first-order valence-electron chi connectivity index (χ1n) is 10.9. The number of halogens is 1. The highest BCUT2D eigenvalue weighted by atomic mass is 35.5. The van der Waals surface area contributed by atoms with Gasteiger partial charge in [-0.25, -0.2) is 9.97 Å². The summed E-state index contributed by atoms with van der Waals surface area (Å²) in [5.74, 6) is 0. The first kappa shape index (κ1) is 21.8. The smallest absolute Gasteiger partial charge is 0.261 e. The molecule has 31 heavy (non-hydrogen) atoms. The molecule has 0 bridgehead atoms. The molecule has 2 atom stereocenters. The number of pyridine rings is 1. The second-order valence-corrected chi connectivity index (χ2v) is 8.94. The number of aromatic nitrogens is 3. The van der Waals surface area contributed by atoms with Crippen LogP contribution in [-0.4, -0.2) is 39.8 Å². The van der Waals surface area contributed by atoms with Gasteiger partial charge < -0.3 is 10.0 Å². The topological polar surface area (TPSA) is 71.2 Å². The minimum atomic E-state index is -0.506. The minimum absolute atomic E-state index is 0.0859. The molecule has 2 aromatic heterocycles. The Balaban J connectivity index is 1.91. The Morgan fingerprint density at radius 2 is 2.00 bits per heavy atom. The molecule has 4 rings (SSSR count). The van der Waals surface area contributed by atoms with E-state index in [-0.39, 0.29) is 11.6 Å². The van der Waals surface area contributed by atoms with E-state index in [0.717, 1.165) is 48.9 Å². The number of anilines is 1. The minimum Gasteiger partial charge on any atom is -0.391 e. The van der Waals surface area contributed by atoms with E-state index in [1.165, 1.54) is 5.56 Å². The highest BCUT2D eigenvalue weighted by molar-refractivity contribution is 6.29. The largest absolute Gasteiger partial charge is 0.391 e. The maximum absolute atomic E-state index is 13.6. The van der Waals surface area contributed by atoms with E-state index >= 15 is 0 Å². The fraction of sp³-hybridized carbons (Fsp3) is 0.458. The third kappa shape index (κ3) is 4.19. The molecule has 1 saturated carbocycles. The lowest BCUT2D eigenvalue weighted by molar-refractivity contribution is 0.0735. The molecule has 0 amide bonds. The van der Waals surface area contributed by atoms with Crippen LogP contribution in [0.3, 0.4) is 0 Å². The van der Waals surface area contributed by atoms with Gasteiger partial charge in [0.25, 0.3) is 5.56 Å². The Hall–Kier alpha value is -2.44. The number of fused-ring (bicyclic) bond motifs is 1. The van der Waals surface area contributed by atoms with E-state index < -0.39 is 6.10 Å². The Morgan fingerprint density at radius 3 is 2.65 bits per heavy atom. The van der Waals surface area contributed by atoms with E-state index in [2.05, 4.69) is 11.9 Å². The zero-order valence-corrected chi connectivity index (χ0v) is 19.1. The Bertz CT molecular complexity index is 1140. The summed E-state index contributed by atoms with van der Waals surface area (Å²) in [6, 6.07) is 5.52. The lowest BCUT2D eigenvalue weighted by Gasteiger charge is -2.29. The van der Waals surface area contributed by atoms with Gasteiger partial charge in [-0.1, -0.05) is 37.4 Å². The molecule has 1 aliphatic carbocycles. The molecule has 2 unspecified atom stereocenters. The quantitative estimate of drug-likeness (QED) is 0.604. The first-order chi connectivity index (χ1) is 14.9. The molecule has 0 saturated heterocycles. The fourth-order valence-electron chi connectivity index (χ4n) is 4.77. The summed E-state index contributed by atoms with van der Waals surface area (Å²) in [5.41, 5.74) is 4.91. The average molecular weight is 441 g/mol. The Kier molecular flexibility index (Phi) is 6.30. The van der Waals surface area contributed by atoms with Gasteiger partial charge >= 0.3 is 0 Å². The van der Waals surface area contributed by atoms with Crippen LogP contribution in [0.25, 0.3) is 10.9 Å². The molecule has 6 nitrogen and oxygen atoms in total. The molecule has 1 fully saturated rings. The van der Waals surface area contributed by atoms with E-state index in [0.29, 0.717) is 22.5 Å². The van der Waals surface area contributed by atoms with Crippen molar-refractivity contribution < 1.29 is 5.11 Å². The lowest BCUT2D eigenvalue weighted by atomic mass is 9.92. The van der Waals surface area contributed by atoms with E-state index in [9.17, 15) is 9.90 Å². The fourth-order valence-corrected chi connectivity index (χ4v) is 4.89. The summed E-state index contributed by atoms with van der Waals surface area (Å²) in [6.07, 6.45) is 7.91. The standard InChI is InChI=1S/C24H29ClN4O2/c1-4-17-16(11-15-9-10-21(25)26-13-15)12-18-22(23(17)28(2)3)27-14-29(24(18)31)19-7-5-6-8-20(19)30/h9-10,12-14,19-20,30H,4-8,11H2,1-3H3. The van der Waals surface area contributed by atoms with Gasteiger partial charge in [-0.05, 0) is 54.5 Å². The number of aliphatic hydroxyl groups excluding tert-OH is 1. The van der Waals surface area contributed by atoms with Crippen molar-refractivity contribution in [1.82, 2.24) is 14.5 Å². The summed E-state index contributed by atoms with van der Waals surface area (Å²) in [6.45, 7) is 2.12. The molecular formula is C24H29ClN4O2. The Labute approximate surface area is 187 Å². The highest BCUT2D eigenvalue weighted by Crippen LogP contribution is 2.33. The first-order valence-corrected chi connectivity index (χ1v) is 11.3. The molecule has 0 spiro atoms. The predicted octanol–water partition coefficient (Wildman–Crippen LogP) is 4.14. The average Bonchev–Trinajstić information content (AvgIpc) is 2.75. The van der Waals surface area contributed by atoms with E-state index in [1.807, 2.05) is 31.1 Å². The molecule has 1 aliphatic rings. The number of nitrogens with zero attached hydrogens (tertiary/aromatic N) is 4. The SMILES string of the molecule is CCc1c(Cc2ccc(Cl)nc2)cc2c(=O)n(C3CCCCC3O)cnc2c1N(C)C. The van der Waals surface area contributed by atoms with Crippen LogP contribution in [0.15, 0.2) is 35.5 Å². The van der Waals surface area contributed by atoms with Crippen LogP contribution < -0.4 is 10.5 Å². The zero-order valence-electron chi connectivity index (χ0n) is 18.3. The Morgan fingerprint density at radius 1 is 1.23 bits per heavy atom. The van der Waals surface area contributed by atoms with Crippen LogP contribution in [0.4, 0.5) is 5.69 Å². The number of aliphatic hydroxyl groups is 1. The molecular weight excluding hydrogens is 412 g/mol. The van der Waals surface area contributed by atoms with Crippen LogP contribution in [0.1, 0.15) is 55.3 Å². The third-order valence-electron chi connectivity index (χ3n) is 6.28. The summed E-state index contributed by atoms with van der Waals surface area (Å²) in [7, 11) is 3.97. The number of rotatable bonds is 5. The van der Waals surface area contributed by atoms with Crippen molar-refractivity contribution in [1.29, 1.82) is 0 Å². The summed E-state index contributed by atoms with van der Waals surface area (Å²) >= 11 is 5.95. The normalized spacial score (nSPS) is 19.0. The second-order valence-electron chi connectivity index (χ2n) is 8.55. The van der Waals surface area contributed by atoms with Crippen LogP contribution in [0.5, 0.6) is 0 Å².